The fourth-order valence-corrected chi connectivity index (χ4v) is 5.32. The van der Waals surface area contributed by atoms with E-state index in [-0.39, 0.29) is 39.6 Å². The highest BCUT2D eigenvalue weighted by atomic mass is 35.5. The zero-order chi connectivity index (χ0) is 26.3. The third kappa shape index (κ3) is 5.02. The predicted molar refractivity (Wildman–Crippen MR) is 138 cm³/mol. The standard InChI is InChI=1S/C25H24ClFN6O3S/c1-15-2-7-20(26)21(12-15)31-23-19(13-29-24-22(37(28,35)36)14-30-33(23)24)25(34)32-10-8-17(9-11-32)16-3-5-18(27)6-4-16/h2-7,12-14,17,31H,8-11H2,1H3,(H2,28,35,36). The smallest absolute Gasteiger partial charge is 0.259 e. The monoisotopic (exact) mass is 542 g/mol. The van der Waals surface area contributed by atoms with Crippen LogP contribution in [0.5, 0.6) is 0 Å². The number of piperidine rings is 1. The molecular weight excluding hydrogens is 519 g/mol. The van der Waals surface area contributed by atoms with Crippen LogP contribution in [0.25, 0.3) is 5.65 Å². The second-order valence-electron chi connectivity index (χ2n) is 9.04. The van der Waals surface area contributed by atoms with Crippen LogP contribution in [-0.2, 0) is 10.0 Å². The summed E-state index contributed by atoms with van der Waals surface area (Å²) in [6.45, 7) is 2.88. The molecule has 0 atom stereocenters. The first-order chi connectivity index (χ1) is 17.6. The molecule has 2 aromatic heterocycles. The summed E-state index contributed by atoms with van der Waals surface area (Å²) in [6, 6.07) is 11.8. The van der Waals surface area contributed by atoms with Gasteiger partial charge in [0.25, 0.3) is 5.91 Å². The van der Waals surface area contributed by atoms with Crippen LogP contribution >= 0.6 is 11.6 Å². The van der Waals surface area contributed by atoms with Gasteiger partial charge in [0, 0.05) is 19.3 Å². The van der Waals surface area contributed by atoms with Crippen LogP contribution in [0.15, 0.2) is 59.8 Å². The summed E-state index contributed by atoms with van der Waals surface area (Å²) >= 11 is 6.40. The Morgan fingerprint density at radius 1 is 1.14 bits per heavy atom. The lowest BCUT2D eigenvalue weighted by molar-refractivity contribution is 0.0713. The molecule has 1 aliphatic heterocycles. The van der Waals surface area contributed by atoms with Crippen LogP contribution in [0.2, 0.25) is 5.02 Å². The van der Waals surface area contributed by atoms with Gasteiger partial charge in [-0.2, -0.15) is 9.61 Å². The second kappa shape index (κ2) is 9.73. The number of nitrogens with two attached hydrogens (primary N) is 1. The highest BCUT2D eigenvalue weighted by Gasteiger charge is 2.29. The molecule has 192 valence electrons. The highest BCUT2D eigenvalue weighted by molar-refractivity contribution is 7.89. The van der Waals surface area contributed by atoms with Gasteiger partial charge in [-0.15, -0.1) is 0 Å². The number of nitrogens with zero attached hydrogens (tertiary/aromatic N) is 4. The van der Waals surface area contributed by atoms with Gasteiger partial charge in [-0.05, 0) is 61.1 Å². The quantitative estimate of drug-likeness (QED) is 0.389. The van der Waals surface area contributed by atoms with E-state index in [0.29, 0.717) is 23.8 Å². The first-order valence-electron chi connectivity index (χ1n) is 11.6. The Bertz CT molecular complexity index is 1600. The summed E-state index contributed by atoms with van der Waals surface area (Å²) in [7, 11) is -4.10. The number of aromatic nitrogens is 3. The van der Waals surface area contributed by atoms with E-state index in [4.69, 9.17) is 16.7 Å². The molecule has 0 unspecified atom stereocenters. The highest BCUT2D eigenvalue weighted by Crippen LogP contribution is 2.32. The summed E-state index contributed by atoms with van der Waals surface area (Å²) in [6.07, 6.45) is 3.86. The van der Waals surface area contributed by atoms with Crippen molar-refractivity contribution in [2.45, 2.75) is 30.6 Å². The predicted octanol–water partition coefficient (Wildman–Crippen LogP) is 4.24. The van der Waals surface area contributed by atoms with Gasteiger partial charge < -0.3 is 10.2 Å². The number of anilines is 2. The Morgan fingerprint density at radius 3 is 2.51 bits per heavy atom. The normalized spacial score (nSPS) is 14.8. The number of primary sulfonamides is 1. The van der Waals surface area contributed by atoms with E-state index in [1.165, 1.54) is 22.8 Å². The van der Waals surface area contributed by atoms with Crippen LogP contribution in [0, 0.1) is 12.7 Å². The molecule has 1 fully saturated rings. The number of hydrogen-bond donors (Lipinski definition) is 2. The molecule has 1 aliphatic rings. The summed E-state index contributed by atoms with van der Waals surface area (Å²) in [5.41, 5.74) is 2.68. The van der Waals surface area contributed by atoms with E-state index in [1.807, 2.05) is 13.0 Å². The molecule has 9 nitrogen and oxygen atoms in total. The van der Waals surface area contributed by atoms with Crippen molar-refractivity contribution in [2.24, 2.45) is 5.14 Å². The maximum absolute atomic E-state index is 13.7. The number of rotatable bonds is 5. The van der Waals surface area contributed by atoms with Crippen molar-refractivity contribution in [3.8, 4) is 0 Å². The molecule has 37 heavy (non-hydrogen) atoms. The number of likely N-dealkylation sites (tertiary alicyclic amines) is 1. The molecule has 1 amide bonds. The van der Waals surface area contributed by atoms with Crippen LogP contribution in [0.1, 0.15) is 40.2 Å². The average molecular weight is 543 g/mol. The lowest BCUT2D eigenvalue weighted by Crippen LogP contribution is -2.38. The van der Waals surface area contributed by atoms with E-state index < -0.39 is 10.0 Å². The Balaban J connectivity index is 1.50. The third-order valence-electron chi connectivity index (χ3n) is 6.53. The number of benzene rings is 2. The Morgan fingerprint density at radius 2 is 1.84 bits per heavy atom. The molecular formula is C25H24ClFN6O3S. The fourth-order valence-electron chi connectivity index (χ4n) is 4.57. The molecule has 3 heterocycles. The van der Waals surface area contributed by atoms with Crippen LogP contribution in [0.3, 0.4) is 0 Å². The van der Waals surface area contributed by atoms with Crippen molar-refractivity contribution in [1.29, 1.82) is 0 Å². The molecule has 0 radical (unpaired) electrons. The van der Waals surface area contributed by atoms with E-state index in [2.05, 4.69) is 15.4 Å². The van der Waals surface area contributed by atoms with Gasteiger partial charge in [-0.25, -0.2) is 22.9 Å². The number of aryl methyl sites for hydroxylation is 1. The summed E-state index contributed by atoms with van der Waals surface area (Å²) < 4.78 is 38.7. The molecule has 3 N–H and O–H groups in total. The minimum absolute atomic E-state index is 0.0136. The van der Waals surface area contributed by atoms with Crippen LogP contribution < -0.4 is 10.5 Å². The van der Waals surface area contributed by atoms with Crippen molar-refractivity contribution in [1.82, 2.24) is 19.5 Å². The van der Waals surface area contributed by atoms with Gasteiger partial charge in [0.15, 0.2) is 5.65 Å². The first kappa shape index (κ1) is 25.1. The Hall–Kier alpha value is -3.54. The Labute approximate surface area is 218 Å². The summed E-state index contributed by atoms with van der Waals surface area (Å²) in [5.74, 6) is -0.126. The van der Waals surface area contributed by atoms with Crippen molar-refractivity contribution in [2.75, 3.05) is 18.4 Å². The number of fused-ring (bicyclic) bond motifs is 1. The molecule has 0 saturated carbocycles. The molecule has 0 spiro atoms. The third-order valence-corrected chi connectivity index (χ3v) is 7.76. The van der Waals surface area contributed by atoms with Crippen molar-refractivity contribution in [3.63, 3.8) is 0 Å². The number of carbonyl (C=O) groups excluding carboxylic acids is 1. The largest absolute Gasteiger partial charge is 0.338 e. The van der Waals surface area contributed by atoms with Crippen LogP contribution in [-0.4, -0.2) is 46.9 Å². The molecule has 12 heteroatoms. The Kier molecular flexibility index (Phi) is 6.61. The minimum atomic E-state index is -4.10. The van der Waals surface area contributed by atoms with E-state index in [9.17, 15) is 17.6 Å². The lowest BCUT2D eigenvalue weighted by Gasteiger charge is -2.32. The van der Waals surface area contributed by atoms with Crippen LogP contribution in [0.4, 0.5) is 15.9 Å². The van der Waals surface area contributed by atoms with Crippen molar-refractivity contribution < 1.29 is 17.6 Å². The van der Waals surface area contributed by atoms with Gasteiger partial charge in [0.05, 0.1) is 16.9 Å². The number of sulfonamides is 1. The van der Waals surface area contributed by atoms with Gasteiger partial charge in [-0.3, -0.25) is 4.79 Å². The SMILES string of the molecule is Cc1ccc(Cl)c(Nc2c(C(=O)N3CCC(c4ccc(F)cc4)CC3)cnc3c(S(N)(=O)=O)cnn23)c1. The summed E-state index contributed by atoms with van der Waals surface area (Å²) in [4.78, 5) is 19.4. The van der Waals surface area contributed by atoms with Gasteiger partial charge in [-0.1, -0.05) is 29.8 Å². The molecule has 0 aliphatic carbocycles. The first-order valence-corrected chi connectivity index (χ1v) is 13.5. The zero-order valence-corrected chi connectivity index (χ0v) is 21.4. The topological polar surface area (TPSA) is 123 Å². The number of halogens is 2. The maximum Gasteiger partial charge on any atom is 0.259 e. The molecule has 0 bridgehead atoms. The summed E-state index contributed by atoms with van der Waals surface area (Å²) in [5, 5.41) is 13.1. The zero-order valence-electron chi connectivity index (χ0n) is 19.9. The molecule has 2 aromatic carbocycles. The van der Waals surface area contributed by atoms with E-state index in [0.717, 1.165) is 30.2 Å². The lowest BCUT2D eigenvalue weighted by atomic mass is 9.89. The van der Waals surface area contributed by atoms with Crippen molar-refractivity contribution in [3.05, 3.63) is 82.4 Å². The average Bonchev–Trinajstić information content (AvgIpc) is 3.32. The van der Waals surface area contributed by atoms with Gasteiger partial charge in [0.2, 0.25) is 10.0 Å². The van der Waals surface area contributed by atoms with Crippen molar-refractivity contribution >= 4 is 44.7 Å². The maximum atomic E-state index is 13.7. The molecule has 4 aromatic rings. The van der Waals surface area contributed by atoms with Gasteiger partial charge in [0.1, 0.15) is 22.1 Å². The second-order valence-corrected chi connectivity index (χ2v) is 11.0. The minimum Gasteiger partial charge on any atom is -0.338 e. The number of nitrogens with one attached hydrogen (secondary N) is 1. The molecule has 1 saturated heterocycles. The van der Waals surface area contributed by atoms with Gasteiger partial charge >= 0.3 is 0 Å². The molecule has 5 rings (SSSR count). The number of amides is 1. The van der Waals surface area contributed by atoms with E-state index >= 15 is 0 Å². The number of carbonyl (C=O) groups is 1. The fraction of sp³-hybridized carbons (Fsp3) is 0.240. The number of hydrogen-bond acceptors (Lipinski definition) is 6. The van der Waals surface area contributed by atoms with E-state index in [1.54, 1.807) is 29.2 Å².